The van der Waals surface area contributed by atoms with Crippen molar-refractivity contribution >= 4 is 18.0 Å². The number of anilines is 2. The number of nitrogens with zero attached hydrogens (tertiary/aromatic N) is 4. The summed E-state index contributed by atoms with van der Waals surface area (Å²) in [6, 6.07) is 7.94. The summed E-state index contributed by atoms with van der Waals surface area (Å²) in [5, 5.41) is 4.09. The summed E-state index contributed by atoms with van der Waals surface area (Å²) >= 11 is 0. The van der Waals surface area contributed by atoms with Crippen LogP contribution in [0.15, 0.2) is 35.6 Å². The van der Waals surface area contributed by atoms with E-state index in [1.54, 1.807) is 6.21 Å². The van der Waals surface area contributed by atoms with E-state index in [-0.39, 0.29) is 11.8 Å². The molecule has 0 unspecified atom stereocenters. The Labute approximate surface area is 134 Å². The summed E-state index contributed by atoms with van der Waals surface area (Å²) in [7, 11) is 0. The minimum Gasteiger partial charge on any atom is -0.378 e. The lowest BCUT2D eigenvalue weighted by molar-refractivity contribution is 0.122. The van der Waals surface area contributed by atoms with Crippen molar-refractivity contribution in [2.24, 2.45) is 5.10 Å². The lowest BCUT2D eigenvalue weighted by Gasteiger charge is -2.27. The molecule has 0 atom stereocenters. The largest absolute Gasteiger partial charge is 0.378 e. The molecule has 7 heteroatoms. The van der Waals surface area contributed by atoms with Gasteiger partial charge in [0, 0.05) is 13.1 Å². The second kappa shape index (κ2) is 7.15. The molecule has 0 radical (unpaired) electrons. The van der Waals surface area contributed by atoms with Gasteiger partial charge in [-0.3, -0.25) is 0 Å². The van der Waals surface area contributed by atoms with Crippen molar-refractivity contribution in [3.8, 4) is 0 Å². The monoisotopic (exact) mass is 315 g/mol. The van der Waals surface area contributed by atoms with Gasteiger partial charge in [0.2, 0.25) is 5.95 Å². The normalized spacial score (nSPS) is 15.1. The van der Waals surface area contributed by atoms with Crippen molar-refractivity contribution in [2.45, 2.75) is 6.92 Å². The van der Waals surface area contributed by atoms with E-state index in [4.69, 9.17) is 4.74 Å². The van der Waals surface area contributed by atoms with Crippen LogP contribution in [0, 0.1) is 12.7 Å². The highest BCUT2D eigenvalue weighted by atomic mass is 19.1. The van der Waals surface area contributed by atoms with Gasteiger partial charge < -0.3 is 9.64 Å². The Bertz CT molecular complexity index is 683. The molecule has 1 N–H and O–H groups in total. The van der Waals surface area contributed by atoms with Crippen LogP contribution in [0.3, 0.4) is 0 Å². The molecule has 1 fully saturated rings. The van der Waals surface area contributed by atoms with Gasteiger partial charge in [0.05, 0.1) is 25.6 Å². The van der Waals surface area contributed by atoms with Crippen molar-refractivity contribution in [1.82, 2.24) is 9.97 Å². The number of rotatable bonds is 4. The summed E-state index contributed by atoms with van der Waals surface area (Å²) < 4.78 is 19.2. The van der Waals surface area contributed by atoms with Gasteiger partial charge in [-0.1, -0.05) is 29.8 Å². The molecule has 1 aliphatic rings. The van der Waals surface area contributed by atoms with Crippen LogP contribution in [0.2, 0.25) is 0 Å². The Hall–Kier alpha value is -2.54. The number of ether oxygens (including phenoxy) is 1. The fourth-order valence-corrected chi connectivity index (χ4v) is 2.23. The minimum atomic E-state index is -0.444. The van der Waals surface area contributed by atoms with Crippen LogP contribution in [-0.2, 0) is 4.74 Å². The molecule has 1 aliphatic heterocycles. The Morgan fingerprint density at radius 2 is 2.00 bits per heavy atom. The van der Waals surface area contributed by atoms with Crippen LogP contribution in [0.4, 0.5) is 16.2 Å². The van der Waals surface area contributed by atoms with Gasteiger partial charge in [0.25, 0.3) is 0 Å². The van der Waals surface area contributed by atoms with Gasteiger partial charge in [-0.15, -0.1) is 0 Å². The molecule has 0 bridgehead atoms. The lowest BCUT2D eigenvalue weighted by Crippen LogP contribution is -2.37. The van der Waals surface area contributed by atoms with Crippen molar-refractivity contribution in [2.75, 3.05) is 36.6 Å². The van der Waals surface area contributed by atoms with Crippen molar-refractivity contribution < 1.29 is 9.13 Å². The first-order chi connectivity index (χ1) is 11.2. The van der Waals surface area contributed by atoms with Gasteiger partial charge in [0.15, 0.2) is 11.6 Å². The standard InChI is InChI=1S/C16H18FN5O/c1-12-2-4-13(5-3-12)10-19-21-16-18-11-14(17)15(20-16)22-6-8-23-9-7-22/h2-5,10-11H,6-9H2,1H3,(H,18,20,21). The highest BCUT2D eigenvalue weighted by molar-refractivity contribution is 5.80. The Kier molecular flexibility index (Phi) is 4.77. The molecule has 2 aromatic rings. The SMILES string of the molecule is Cc1ccc(C=NNc2ncc(F)c(N3CCOCC3)n2)cc1. The number of hydrogen-bond donors (Lipinski definition) is 1. The van der Waals surface area contributed by atoms with Gasteiger partial charge in [-0.05, 0) is 12.5 Å². The van der Waals surface area contributed by atoms with E-state index in [1.807, 2.05) is 36.1 Å². The summed E-state index contributed by atoms with van der Waals surface area (Å²) in [5.74, 6) is 0.0903. The minimum absolute atomic E-state index is 0.260. The topological polar surface area (TPSA) is 62.6 Å². The molecule has 1 saturated heterocycles. The summed E-state index contributed by atoms with van der Waals surface area (Å²) in [6.07, 6.45) is 2.82. The number of hydrazone groups is 1. The maximum absolute atomic E-state index is 13.9. The van der Waals surface area contributed by atoms with Crippen LogP contribution >= 0.6 is 0 Å². The molecular formula is C16H18FN5O. The first-order valence-electron chi connectivity index (χ1n) is 7.43. The Balaban J connectivity index is 1.69. The van der Waals surface area contributed by atoms with E-state index in [2.05, 4.69) is 20.5 Å². The van der Waals surface area contributed by atoms with Gasteiger partial charge in [0.1, 0.15) is 0 Å². The van der Waals surface area contributed by atoms with E-state index in [9.17, 15) is 4.39 Å². The van der Waals surface area contributed by atoms with Crippen molar-refractivity contribution in [3.05, 3.63) is 47.4 Å². The number of morpholine rings is 1. The van der Waals surface area contributed by atoms with Crippen LogP contribution in [0.25, 0.3) is 0 Å². The maximum atomic E-state index is 13.9. The predicted molar refractivity (Wildman–Crippen MR) is 87.4 cm³/mol. The molecule has 120 valence electrons. The van der Waals surface area contributed by atoms with Crippen LogP contribution < -0.4 is 10.3 Å². The summed E-state index contributed by atoms with van der Waals surface area (Å²) in [5.41, 5.74) is 4.88. The van der Waals surface area contributed by atoms with E-state index in [0.717, 1.165) is 11.8 Å². The van der Waals surface area contributed by atoms with E-state index in [0.29, 0.717) is 26.3 Å². The van der Waals surface area contributed by atoms with E-state index >= 15 is 0 Å². The molecule has 2 heterocycles. The average Bonchev–Trinajstić information content (AvgIpc) is 2.59. The van der Waals surface area contributed by atoms with Crippen molar-refractivity contribution in [1.29, 1.82) is 0 Å². The van der Waals surface area contributed by atoms with Gasteiger partial charge in [-0.25, -0.2) is 14.8 Å². The van der Waals surface area contributed by atoms with Crippen LogP contribution in [0.1, 0.15) is 11.1 Å². The van der Waals surface area contributed by atoms with Gasteiger partial charge >= 0.3 is 0 Å². The zero-order valence-electron chi connectivity index (χ0n) is 12.9. The molecule has 3 rings (SSSR count). The number of benzene rings is 1. The first-order valence-corrected chi connectivity index (χ1v) is 7.43. The highest BCUT2D eigenvalue weighted by Crippen LogP contribution is 2.18. The molecule has 1 aromatic heterocycles. The lowest BCUT2D eigenvalue weighted by atomic mass is 10.2. The third-order valence-electron chi connectivity index (χ3n) is 3.49. The number of nitrogens with one attached hydrogen (secondary N) is 1. The second-order valence-corrected chi connectivity index (χ2v) is 5.25. The maximum Gasteiger partial charge on any atom is 0.245 e. The molecule has 1 aromatic carbocycles. The van der Waals surface area contributed by atoms with Gasteiger partial charge in [-0.2, -0.15) is 10.1 Å². The first kappa shape index (κ1) is 15.4. The molecule has 23 heavy (non-hydrogen) atoms. The molecule has 0 amide bonds. The van der Waals surface area contributed by atoms with Crippen LogP contribution in [0.5, 0.6) is 0 Å². The second-order valence-electron chi connectivity index (χ2n) is 5.25. The zero-order chi connectivity index (χ0) is 16.1. The molecule has 0 saturated carbocycles. The Morgan fingerprint density at radius 1 is 1.26 bits per heavy atom. The summed E-state index contributed by atoms with van der Waals surface area (Å²) in [6.45, 7) is 4.38. The third kappa shape index (κ3) is 4.01. The van der Waals surface area contributed by atoms with E-state index in [1.165, 1.54) is 5.56 Å². The van der Waals surface area contributed by atoms with E-state index < -0.39 is 5.82 Å². The number of aryl methyl sites for hydroxylation is 1. The average molecular weight is 315 g/mol. The molecule has 0 spiro atoms. The number of halogens is 1. The smallest absolute Gasteiger partial charge is 0.245 e. The summed E-state index contributed by atoms with van der Waals surface area (Å²) in [4.78, 5) is 9.95. The fraction of sp³-hybridized carbons (Fsp3) is 0.312. The third-order valence-corrected chi connectivity index (χ3v) is 3.49. The molecular weight excluding hydrogens is 297 g/mol. The molecule has 6 nitrogen and oxygen atoms in total. The number of aromatic nitrogens is 2. The van der Waals surface area contributed by atoms with Crippen molar-refractivity contribution in [3.63, 3.8) is 0 Å². The highest BCUT2D eigenvalue weighted by Gasteiger charge is 2.17. The Morgan fingerprint density at radius 3 is 2.74 bits per heavy atom. The quantitative estimate of drug-likeness (QED) is 0.692. The number of hydrogen-bond acceptors (Lipinski definition) is 6. The predicted octanol–water partition coefficient (Wildman–Crippen LogP) is 2.21. The zero-order valence-corrected chi connectivity index (χ0v) is 12.9. The molecule has 0 aliphatic carbocycles. The fourth-order valence-electron chi connectivity index (χ4n) is 2.23. The van der Waals surface area contributed by atoms with Crippen LogP contribution in [-0.4, -0.2) is 42.5 Å².